The molecule has 0 saturated heterocycles. The summed E-state index contributed by atoms with van der Waals surface area (Å²) in [4.78, 5) is 0. The fraction of sp³-hybridized carbons (Fsp3) is 0.273. The number of hydrogen-bond donors (Lipinski definition) is 0. The lowest BCUT2D eigenvalue weighted by Gasteiger charge is -2.38. The van der Waals surface area contributed by atoms with Crippen molar-refractivity contribution in [2.75, 3.05) is 0 Å². The molecule has 1 nitrogen and oxygen atoms in total. The molecule has 25 heavy (non-hydrogen) atoms. The molecule has 3 heteroatoms. The van der Waals surface area contributed by atoms with Crippen LogP contribution in [0, 0.1) is 0 Å². The maximum absolute atomic E-state index is 6.79. The fourth-order valence-corrected chi connectivity index (χ4v) is 8.83. The molecule has 0 amide bonds. The minimum atomic E-state index is -1.83. The third-order valence-corrected chi connectivity index (χ3v) is 9.48. The average molecular weight is 365 g/mol. The molecule has 0 N–H and O–H groups in total. The molecule has 3 aromatic carbocycles. The molecule has 3 rings (SSSR count). The lowest BCUT2D eigenvalue weighted by molar-refractivity contribution is 0.270. The summed E-state index contributed by atoms with van der Waals surface area (Å²) in [5, 5.41) is 4.03. The first-order valence-electron chi connectivity index (χ1n) is 8.99. The lowest BCUT2D eigenvalue weighted by Crippen LogP contribution is -2.51. The summed E-state index contributed by atoms with van der Waals surface area (Å²) in [7, 11) is -3.51. The number of fused-ring (bicyclic) bond motifs is 1. The van der Waals surface area contributed by atoms with Crippen LogP contribution in [0.4, 0.5) is 0 Å². The predicted octanol–water partition coefficient (Wildman–Crippen LogP) is 5.89. The molecule has 0 bridgehead atoms. The van der Waals surface area contributed by atoms with Gasteiger partial charge >= 0.3 is 0 Å². The Kier molecular flexibility index (Phi) is 5.00. The van der Waals surface area contributed by atoms with E-state index in [1.165, 1.54) is 21.5 Å². The maximum Gasteiger partial charge on any atom is 0.184 e. The van der Waals surface area contributed by atoms with Crippen molar-refractivity contribution in [3.05, 3.63) is 78.4 Å². The van der Waals surface area contributed by atoms with Gasteiger partial charge in [0, 0.05) is 0 Å². The zero-order chi connectivity index (χ0) is 18.1. The molecule has 0 aliphatic heterocycles. The highest BCUT2D eigenvalue weighted by Crippen LogP contribution is 2.33. The minimum absolute atomic E-state index is 0.172. The first-order valence-corrected chi connectivity index (χ1v) is 15.5. The highest BCUT2D eigenvalue weighted by Gasteiger charge is 2.38. The zero-order valence-electron chi connectivity index (χ0n) is 15.9. The average Bonchev–Trinajstić information content (AvgIpc) is 2.59. The Morgan fingerprint density at radius 2 is 1.28 bits per heavy atom. The third kappa shape index (κ3) is 4.11. The standard InChI is InChI=1S/C22H28OSi2/c1-24(2,3)23-22(25(4,5)21-13-7-6-8-14-21)20-16-15-18-11-9-10-12-19(18)17-20/h6-17,22H,1-5H3. The van der Waals surface area contributed by atoms with Gasteiger partial charge in [0.15, 0.2) is 8.32 Å². The molecular formula is C22H28OSi2. The van der Waals surface area contributed by atoms with Crippen molar-refractivity contribution in [2.24, 2.45) is 0 Å². The molecule has 0 aliphatic rings. The van der Waals surface area contributed by atoms with Crippen molar-refractivity contribution in [1.82, 2.24) is 0 Å². The lowest BCUT2D eigenvalue weighted by atomic mass is 10.1. The molecule has 0 radical (unpaired) electrons. The Morgan fingerprint density at radius 3 is 1.92 bits per heavy atom. The van der Waals surface area contributed by atoms with E-state index in [0.717, 1.165) is 0 Å². The normalized spacial score (nSPS) is 13.8. The van der Waals surface area contributed by atoms with Crippen LogP contribution in [-0.2, 0) is 4.43 Å². The molecule has 0 saturated carbocycles. The summed E-state index contributed by atoms with van der Waals surface area (Å²) in [5.41, 5.74) is 1.49. The van der Waals surface area contributed by atoms with E-state index in [-0.39, 0.29) is 5.73 Å². The van der Waals surface area contributed by atoms with E-state index in [0.29, 0.717) is 0 Å². The van der Waals surface area contributed by atoms with E-state index in [9.17, 15) is 0 Å². The molecule has 1 unspecified atom stereocenters. The second-order valence-corrected chi connectivity index (χ2v) is 17.3. The van der Waals surface area contributed by atoms with E-state index >= 15 is 0 Å². The van der Waals surface area contributed by atoms with Crippen LogP contribution in [-0.4, -0.2) is 16.4 Å². The Hall–Kier alpha value is -1.69. The highest BCUT2D eigenvalue weighted by molar-refractivity contribution is 6.91. The van der Waals surface area contributed by atoms with E-state index in [1.54, 1.807) is 0 Å². The molecule has 0 aliphatic carbocycles. The topological polar surface area (TPSA) is 9.23 Å². The van der Waals surface area contributed by atoms with Crippen LogP contribution in [0.1, 0.15) is 11.3 Å². The Morgan fingerprint density at radius 1 is 0.680 bits per heavy atom. The van der Waals surface area contributed by atoms with E-state index in [2.05, 4.69) is 106 Å². The molecular weight excluding hydrogens is 336 g/mol. The van der Waals surface area contributed by atoms with Crippen molar-refractivity contribution in [1.29, 1.82) is 0 Å². The van der Waals surface area contributed by atoms with E-state index < -0.39 is 16.4 Å². The van der Waals surface area contributed by atoms with Gasteiger partial charge < -0.3 is 4.43 Å². The monoisotopic (exact) mass is 364 g/mol. The second kappa shape index (κ2) is 6.91. The summed E-state index contributed by atoms with van der Waals surface area (Å²) in [6, 6.07) is 26.4. The van der Waals surface area contributed by atoms with Gasteiger partial charge in [-0.3, -0.25) is 0 Å². The predicted molar refractivity (Wildman–Crippen MR) is 115 cm³/mol. The van der Waals surface area contributed by atoms with Gasteiger partial charge in [0.2, 0.25) is 0 Å². The van der Waals surface area contributed by atoms with Crippen LogP contribution >= 0.6 is 0 Å². The summed E-state index contributed by atoms with van der Waals surface area (Å²) >= 11 is 0. The zero-order valence-corrected chi connectivity index (χ0v) is 17.9. The Bertz CT molecular complexity index is 851. The molecule has 1 atom stereocenters. The summed E-state index contributed by atoms with van der Waals surface area (Å²) in [6.45, 7) is 11.7. The van der Waals surface area contributed by atoms with Gasteiger partial charge in [-0.25, -0.2) is 0 Å². The Labute approximate surface area is 153 Å². The van der Waals surface area contributed by atoms with Crippen LogP contribution < -0.4 is 5.19 Å². The van der Waals surface area contributed by atoms with Crippen LogP contribution in [0.25, 0.3) is 10.8 Å². The van der Waals surface area contributed by atoms with Crippen molar-refractivity contribution in [3.8, 4) is 0 Å². The minimum Gasteiger partial charge on any atom is -0.413 e. The first-order chi connectivity index (χ1) is 11.8. The van der Waals surface area contributed by atoms with Gasteiger partial charge in [-0.1, -0.05) is 85.0 Å². The highest BCUT2D eigenvalue weighted by atomic mass is 28.4. The van der Waals surface area contributed by atoms with Gasteiger partial charge in [-0.2, -0.15) is 0 Å². The van der Waals surface area contributed by atoms with Crippen LogP contribution in [0.2, 0.25) is 32.7 Å². The number of benzene rings is 3. The van der Waals surface area contributed by atoms with Crippen molar-refractivity contribution in [2.45, 2.75) is 38.5 Å². The summed E-state index contributed by atoms with van der Waals surface area (Å²) in [6.07, 6.45) is 0. The van der Waals surface area contributed by atoms with E-state index in [4.69, 9.17) is 4.43 Å². The van der Waals surface area contributed by atoms with E-state index in [1.807, 2.05) is 0 Å². The Balaban J connectivity index is 2.10. The fourth-order valence-electron chi connectivity index (χ4n) is 3.38. The van der Waals surface area contributed by atoms with Crippen LogP contribution in [0.15, 0.2) is 72.8 Å². The smallest absolute Gasteiger partial charge is 0.184 e. The number of rotatable bonds is 5. The number of hydrogen-bond acceptors (Lipinski definition) is 1. The van der Waals surface area contributed by atoms with Crippen molar-refractivity contribution in [3.63, 3.8) is 0 Å². The first kappa shape index (κ1) is 18.1. The van der Waals surface area contributed by atoms with Crippen molar-refractivity contribution < 1.29 is 4.43 Å². The van der Waals surface area contributed by atoms with Gasteiger partial charge in [-0.15, -0.1) is 0 Å². The molecule has 0 heterocycles. The van der Waals surface area contributed by atoms with Crippen LogP contribution in [0.3, 0.4) is 0 Å². The van der Waals surface area contributed by atoms with Gasteiger partial charge in [-0.05, 0) is 42.0 Å². The molecule has 0 fully saturated rings. The molecule has 0 aromatic heterocycles. The molecule has 0 spiro atoms. The SMILES string of the molecule is C[Si](C)(C)OC(c1ccc2ccccc2c1)[Si](C)(C)c1ccccc1. The van der Waals surface area contributed by atoms with Gasteiger partial charge in [0.1, 0.15) is 8.07 Å². The summed E-state index contributed by atoms with van der Waals surface area (Å²) < 4.78 is 6.79. The van der Waals surface area contributed by atoms with Crippen LogP contribution in [0.5, 0.6) is 0 Å². The van der Waals surface area contributed by atoms with Gasteiger partial charge in [0.25, 0.3) is 0 Å². The third-order valence-electron chi connectivity index (χ3n) is 4.72. The second-order valence-electron chi connectivity index (χ2n) is 8.30. The van der Waals surface area contributed by atoms with Gasteiger partial charge in [0.05, 0.1) is 5.73 Å². The van der Waals surface area contributed by atoms with Crippen molar-refractivity contribution >= 4 is 32.4 Å². The molecule has 3 aromatic rings. The maximum atomic E-state index is 6.79. The summed E-state index contributed by atoms with van der Waals surface area (Å²) in [5.74, 6) is 0. The quantitative estimate of drug-likeness (QED) is 0.513. The molecule has 130 valence electrons. The largest absolute Gasteiger partial charge is 0.413 e.